The molecule has 0 saturated carbocycles. The number of rotatable bonds is 2. The summed E-state index contributed by atoms with van der Waals surface area (Å²) < 4.78 is 17.1. The van der Waals surface area contributed by atoms with Crippen LogP contribution >= 0.6 is 0 Å². The van der Waals surface area contributed by atoms with Gasteiger partial charge in [0, 0.05) is 34.7 Å². The van der Waals surface area contributed by atoms with Gasteiger partial charge in [0.05, 0.1) is 18.1 Å². The Labute approximate surface area is 196 Å². The molecule has 0 bridgehead atoms. The molecule has 35 heavy (non-hydrogen) atoms. The maximum Gasteiger partial charge on any atom is 0.312 e. The predicted octanol–water partition coefficient (Wildman–Crippen LogP) is 4.42. The lowest BCUT2D eigenvalue weighted by molar-refractivity contribution is -0.135. The zero-order chi connectivity index (χ0) is 24.3. The van der Waals surface area contributed by atoms with Crippen molar-refractivity contribution >= 4 is 27.9 Å². The third-order valence-electron chi connectivity index (χ3n) is 6.16. The zero-order valence-corrected chi connectivity index (χ0v) is 18.0. The van der Waals surface area contributed by atoms with E-state index in [-0.39, 0.29) is 51.2 Å². The Morgan fingerprint density at radius 1 is 0.914 bits per heavy atom. The summed E-state index contributed by atoms with van der Waals surface area (Å²) in [4.78, 5) is 38.9. The Morgan fingerprint density at radius 2 is 1.69 bits per heavy atom. The number of esters is 1. The first-order valence-electron chi connectivity index (χ1n) is 10.7. The summed E-state index contributed by atoms with van der Waals surface area (Å²) in [5.41, 5.74) is 0.557. The number of hydrogen-bond donors (Lipinski definition) is 2. The molecule has 5 aromatic rings. The molecule has 1 unspecified atom stereocenters. The van der Waals surface area contributed by atoms with Gasteiger partial charge in [-0.15, -0.1) is 0 Å². The van der Waals surface area contributed by atoms with Gasteiger partial charge in [-0.25, -0.2) is 0 Å². The second-order valence-corrected chi connectivity index (χ2v) is 8.28. The summed E-state index contributed by atoms with van der Waals surface area (Å²) in [7, 11) is 0. The van der Waals surface area contributed by atoms with Crippen LogP contribution in [0.4, 0.5) is 0 Å². The lowest BCUT2D eigenvalue weighted by atomic mass is 9.85. The van der Waals surface area contributed by atoms with Crippen LogP contribution in [0.25, 0.3) is 33.3 Å². The smallest absolute Gasteiger partial charge is 0.312 e. The average Bonchev–Trinajstić information content (AvgIpc) is 2.84. The van der Waals surface area contributed by atoms with Crippen molar-refractivity contribution in [3.05, 3.63) is 98.5 Å². The number of carbonyl (C=O) groups is 1. The predicted molar refractivity (Wildman–Crippen MR) is 126 cm³/mol. The van der Waals surface area contributed by atoms with E-state index in [0.717, 1.165) is 0 Å². The first-order chi connectivity index (χ1) is 16.9. The maximum absolute atomic E-state index is 13.4. The van der Waals surface area contributed by atoms with Crippen molar-refractivity contribution in [3.63, 3.8) is 0 Å². The molecule has 0 saturated heterocycles. The van der Waals surface area contributed by atoms with Gasteiger partial charge in [0.15, 0.2) is 10.9 Å². The number of hydrogen-bond acceptors (Lipinski definition) is 8. The molecule has 0 aliphatic carbocycles. The standard InChI is InChI=1S/C27H16O8/c28-14-7-5-13(6-8-14)21-10-18(29)25-19(30)11-22-24(27(25)35-21)16(9-23(31)34-22)17-12-33-20-4-2-1-3-15(20)26(17)32/h1-8,10-12,16,28,30H,9H2. The van der Waals surface area contributed by atoms with Crippen LogP contribution in [0.3, 0.4) is 0 Å². The highest BCUT2D eigenvalue weighted by atomic mass is 16.5. The van der Waals surface area contributed by atoms with Gasteiger partial charge in [-0.1, -0.05) is 12.1 Å². The zero-order valence-electron chi connectivity index (χ0n) is 18.0. The van der Waals surface area contributed by atoms with Gasteiger partial charge in [0.25, 0.3) is 0 Å². The second-order valence-electron chi connectivity index (χ2n) is 8.28. The molecule has 0 fully saturated rings. The summed E-state index contributed by atoms with van der Waals surface area (Å²) in [6, 6.07) is 15.2. The summed E-state index contributed by atoms with van der Waals surface area (Å²) in [5, 5.41) is 20.4. The fraction of sp³-hybridized carbons (Fsp3) is 0.0741. The number of phenols is 2. The van der Waals surface area contributed by atoms with E-state index in [2.05, 4.69) is 0 Å². The quantitative estimate of drug-likeness (QED) is 0.288. The van der Waals surface area contributed by atoms with Crippen LogP contribution in [0.5, 0.6) is 17.2 Å². The van der Waals surface area contributed by atoms with Gasteiger partial charge in [0.2, 0.25) is 0 Å². The second kappa shape index (κ2) is 7.59. The van der Waals surface area contributed by atoms with E-state index in [1.165, 1.54) is 30.5 Å². The molecule has 2 N–H and O–H groups in total. The molecular weight excluding hydrogens is 452 g/mol. The molecule has 1 aliphatic rings. The Hall–Kier alpha value is -4.85. The van der Waals surface area contributed by atoms with E-state index in [4.69, 9.17) is 13.6 Å². The van der Waals surface area contributed by atoms with Crippen molar-refractivity contribution in [1.82, 2.24) is 0 Å². The minimum atomic E-state index is -0.839. The highest BCUT2D eigenvalue weighted by Gasteiger charge is 2.35. The van der Waals surface area contributed by atoms with Crippen molar-refractivity contribution < 1.29 is 28.6 Å². The van der Waals surface area contributed by atoms with E-state index < -0.39 is 23.1 Å². The molecular formula is C27H16O8. The minimum absolute atomic E-state index is 0.000587. The van der Waals surface area contributed by atoms with E-state index >= 15 is 0 Å². The summed E-state index contributed by atoms with van der Waals surface area (Å²) in [5.74, 6) is -1.64. The Bertz CT molecular complexity index is 1780. The van der Waals surface area contributed by atoms with Gasteiger partial charge >= 0.3 is 5.97 Å². The Kier molecular flexibility index (Phi) is 4.50. The minimum Gasteiger partial charge on any atom is -0.508 e. The summed E-state index contributed by atoms with van der Waals surface area (Å²) in [6.07, 6.45) is 1.11. The normalized spacial score (nSPS) is 15.2. The van der Waals surface area contributed by atoms with Gasteiger partial charge in [-0.3, -0.25) is 14.4 Å². The molecule has 8 nitrogen and oxygen atoms in total. The van der Waals surface area contributed by atoms with Crippen molar-refractivity contribution in [2.45, 2.75) is 12.3 Å². The largest absolute Gasteiger partial charge is 0.508 e. The van der Waals surface area contributed by atoms with Crippen molar-refractivity contribution in [1.29, 1.82) is 0 Å². The third kappa shape index (κ3) is 3.26. The van der Waals surface area contributed by atoms with Crippen molar-refractivity contribution in [3.8, 4) is 28.6 Å². The van der Waals surface area contributed by atoms with Gasteiger partial charge < -0.3 is 23.8 Å². The molecule has 2 aromatic heterocycles. The van der Waals surface area contributed by atoms with Gasteiger partial charge in [-0.05, 0) is 36.4 Å². The van der Waals surface area contributed by atoms with Crippen LogP contribution in [0.2, 0.25) is 0 Å². The molecule has 0 amide bonds. The number of benzene rings is 3. The molecule has 3 aromatic carbocycles. The number of carbonyl (C=O) groups excluding carboxylic acids is 1. The molecule has 6 rings (SSSR count). The summed E-state index contributed by atoms with van der Waals surface area (Å²) in [6.45, 7) is 0. The van der Waals surface area contributed by atoms with E-state index in [0.29, 0.717) is 16.5 Å². The Morgan fingerprint density at radius 3 is 2.49 bits per heavy atom. The average molecular weight is 468 g/mol. The molecule has 0 spiro atoms. The molecule has 3 heterocycles. The van der Waals surface area contributed by atoms with Crippen LogP contribution in [0.1, 0.15) is 23.5 Å². The molecule has 8 heteroatoms. The number of para-hydroxylation sites is 1. The van der Waals surface area contributed by atoms with Crippen LogP contribution in [0, 0.1) is 0 Å². The van der Waals surface area contributed by atoms with Crippen LogP contribution < -0.4 is 15.6 Å². The van der Waals surface area contributed by atoms with Crippen LogP contribution in [0.15, 0.2) is 85.4 Å². The third-order valence-corrected chi connectivity index (χ3v) is 6.16. The maximum atomic E-state index is 13.4. The molecule has 1 aliphatic heterocycles. The number of fused-ring (bicyclic) bond motifs is 4. The van der Waals surface area contributed by atoms with E-state index in [1.807, 2.05) is 0 Å². The lowest BCUT2D eigenvalue weighted by Gasteiger charge is -2.25. The topological polar surface area (TPSA) is 127 Å². The van der Waals surface area contributed by atoms with Crippen LogP contribution in [-0.2, 0) is 4.79 Å². The molecule has 172 valence electrons. The van der Waals surface area contributed by atoms with Gasteiger partial charge in [-0.2, -0.15) is 0 Å². The van der Waals surface area contributed by atoms with E-state index in [9.17, 15) is 24.6 Å². The summed E-state index contributed by atoms with van der Waals surface area (Å²) >= 11 is 0. The Balaban J connectivity index is 1.67. The fourth-order valence-electron chi connectivity index (χ4n) is 4.53. The van der Waals surface area contributed by atoms with Crippen LogP contribution in [-0.4, -0.2) is 16.2 Å². The van der Waals surface area contributed by atoms with E-state index in [1.54, 1.807) is 36.4 Å². The highest BCUT2D eigenvalue weighted by molar-refractivity contribution is 5.93. The SMILES string of the molecule is O=C1CC(c2coc3ccccc3c2=O)c2c(cc(O)c3c(=O)cc(-c4ccc(O)cc4)oc23)O1. The monoisotopic (exact) mass is 468 g/mol. The number of ether oxygens (including phenoxy) is 1. The fourth-order valence-corrected chi connectivity index (χ4v) is 4.53. The molecule has 0 radical (unpaired) electrons. The lowest BCUT2D eigenvalue weighted by Crippen LogP contribution is -2.25. The first kappa shape index (κ1) is 20.7. The molecule has 1 atom stereocenters. The van der Waals surface area contributed by atoms with Crippen molar-refractivity contribution in [2.75, 3.05) is 0 Å². The number of phenolic OH excluding ortho intramolecular Hbond substituents is 2. The first-order valence-corrected chi connectivity index (χ1v) is 10.7. The van der Waals surface area contributed by atoms with Crippen molar-refractivity contribution in [2.24, 2.45) is 0 Å². The van der Waals surface area contributed by atoms with Gasteiger partial charge in [0.1, 0.15) is 39.6 Å². The number of aromatic hydroxyl groups is 2. The highest BCUT2D eigenvalue weighted by Crippen LogP contribution is 2.45.